The van der Waals surface area contributed by atoms with Gasteiger partial charge in [0.15, 0.2) is 0 Å². The summed E-state index contributed by atoms with van der Waals surface area (Å²) < 4.78 is 6.27. The van der Waals surface area contributed by atoms with Gasteiger partial charge in [-0.25, -0.2) is 4.79 Å². The van der Waals surface area contributed by atoms with Gasteiger partial charge < -0.3 is 40.9 Å². The summed E-state index contributed by atoms with van der Waals surface area (Å²) >= 11 is 0. The molecule has 11 heteroatoms. The second-order valence-corrected chi connectivity index (χ2v) is 13.0. The van der Waals surface area contributed by atoms with Gasteiger partial charge in [0.1, 0.15) is 24.1 Å². The van der Waals surface area contributed by atoms with Crippen molar-refractivity contribution < 1.29 is 35.1 Å². The molecule has 2 fully saturated rings. The molecular weight excluding hydrogens is 600 g/mol. The van der Waals surface area contributed by atoms with Crippen LogP contribution in [-0.2, 0) is 18.3 Å². The van der Waals surface area contributed by atoms with Crippen LogP contribution in [0.2, 0.25) is 0 Å². The first-order valence-electron chi connectivity index (χ1n) is 16.7. The number of pyridine rings is 2. The molecule has 0 bridgehead atoms. The van der Waals surface area contributed by atoms with E-state index in [9.17, 15) is 25.2 Å². The zero-order chi connectivity index (χ0) is 33.4. The molecule has 0 aliphatic heterocycles. The molecule has 0 radical (unpaired) electrons. The zero-order valence-electron chi connectivity index (χ0n) is 27.0. The standard InChI is InChI=1S/C36H48N4O7/c1-23-9-10-24(6-4-5-18-38-35(46)39-21-30(42)33(44)34(45)31(43)22-41)40-29(23)13-15-36(16-17-36)28-20-37-19-14-26(28)27-7-2-3-8-32(27)47-25-11-12-25/h2-3,7-10,14,19-20,25,30-31,33-34,41-45H,4-6,11-13,15-18,21-22H2,1H3,(H2,38,39,46)/t30-,31+,33+,34+/m0/s1. The second kappa shape index (κ2) is 16.0. The normalized spacial score (nSPS) is 17.7. The highest BCUT2D eigenvalue weighted by molar-refractivity contribution is 5.75. The van der Waals surface area contributed by atoms with E-state index < -0.39 is 37.1 Å². The molecule has 2 saturated carbocycles. The van der Waals surface area contributed by atoms with E-state index in [1.54, 1.807) is 0 Å². The number of aromatic nitrogens is 2. The number of unbranched alkanes of at least 4 members (excludes halogenated alkanes) is 1. The van der Waals surface area contributed by atoms with E-state index >= 15 is 0 Å². The first kappa shape index (κ1) is 34.7. The topological polar surface area (TPSA) is 177 Å². The number of nitrogens with one attached hydrogen (secondary N) is 2. The molecular formula is C36H48N4O7. The minimum absolute atomic E-state index is 0.0846. The number of hydrogen-bond donors (Lipinski definition) is 7. The number of rotatable bonds is 18. The van der Waals surface area contributed by atoms with Crippen LogP contribution in [0.15, 0.2) is 54.9 Å². The number of aliphatic hydroxyl groups is 5. The number of aliphatic hydroxyl groups excluding tert-OH is 5. The number of urea groups is 1. The Kier molecular flexibility index (Phi) is 11.8. The zero-order valence-corrected chi connectivity index (χ0v) is 27.0. The number of nitrogens with zero attached hydrogens (tertiary/aromatic N) is 2. The van der Waals surface area contributed by atoms with Crippen molar-refractivity contribution in [1.82, 2.24) is 20.6 Å². The molecule has 5 rings (SSSR count). The van der Waals surface area contributed by atoms with Crippen molar-refractivity contribution >= 4 is 6.03 Å². The van der Waals surface area contributed by atoms with Gasteiger partial charge in [-0.2, -0.15) is 0 Å². The molecule has 0 saturated heterocycles. The lowest BCUT2D eigenvalue weighted by Gasteiger charge is -2.25. The van der Waals surface area contributed by atoms with Crippen LogP contribution in [-0.4, -0.2) is 91.7 Å². The lowest BCUT2D eigenvalue weighted by molar-refractivity contribution is -0.113. The first-order chi connectivity index (χ1) is 22.7. The van der Waals surface area contributed by atoms with E-state index in [0.29, 0.717) is 12.6 Å². The summed E-state index contributed by atoms with van der Waals surface area (Å²) in [6.45, 7) is 1.43. The molecule has 2 aliphatic rings. The van der Waals surface area contributed by atoms with Crippen molar-refractivity contribution in [3.63, 3.8) is 0 Å². The molecule has 2 amide bonds. The van der Waals surface area contributed by atoms with Gasteiger partial charge in [0.05, 0.1) is 18.8 Å². The quantitative estimate of drug-likeness (QED) is 0.102. The number of para-hydroxylation sites is 1. The molecule has 4 atom stereocenters. The molecule has 0 spiro atoms. The summed E-state index contributed by atoms with van der Waals surface area (Å²) in [6.07, 6.45) is 6.39. The largest absolute Gasteiger partial charge is 0.490 e. The van der Waals surface area contributed by atoms with E-state index in [-0.39, 0.29) is 12.0 Å². The highest BCUT2D eigenvalue weighted by Gasteiger charge is 2.45. The highest BCUT2D eigenvalue weighted by atomic mass is 16.5. The number of carbonyl (C=O) groups is 1. The summed E-state index contributed by atoms with van der Waals surface area (Å²) in [5.74, 6) is 0.950. The number of carbonyl (C=O) groups excluding carboxylic acids is 1. The number of ether oxygens (including phenoxy) is 1. The first-order valence-corrected chi connectivity index (χ1v) is 16.7. The molecule has 2 aromatic heterocycles. The van der Waals surface area contributed by atoms with Crippen molar-refractivity contribution in [1.29, 1.82) is 0 Å². The van der Waals surface area contributed by atoms with Crippen LogP contribution in [0, 0.1) is 6.92 Å². The third-order valence-corrected chi connectivity index (χ3v) is 9.28. The van der Waals surface area contributed by atoms with Crippen molar-refractivity contribution in [2.75, 3.05) is 19.7 Å². The van der Waals surface area contributed by atoms with E-state index in [1.165, 1.54) is 16.7 Å². The van der Waals surface area contributed by atoms with Crippen molar-refractivity contribution in [2.45, 2.75) is 101 Å². The summed E-state index contributed by atoms with van der Waals surface area (Å²) in [5.41, 5.74) is 7.04. The van der Waals surface area contributed by atoms with E-state index in [1.807, 2.05) is 18.5 Å². The Morgan fingerprint density at radius 1 is 0.957 bits per heavy atom. The van der Waals surface area contributed by atoms with Crippen LogP contribution in [0.4, 0.5) is 4.79 Å². The van der Waals surface area contributed by atoms with Gasteiger partial charge in [-0.15, -0.1) is 0 Å². The maximum atomic E-state index is 12.1. The van der Waals surface area contributed by atoms with Crippen LogP contribution in [0.5, 0.6) is 5.75 Å². The van der Waals surface area contributed by atoms with Gasteiger partial charge in [0.2, 0.25) is 0 Å². The summed E-state index contributed by atoms with van der Waals surface area (Å²) in [4.78, 5) is 21.6. The fourth-order valence-electron chi connectivity index (χ4n) is 5.96. The van der Waals surface area contributed by atoms with Crippen molar-refractivity contribution in [3.8, 4) is 16.9 Å². The van der Waals surface area contributed by atoms with Crippen LogP contribution in [0.25, 0.3) is 11.1 Å². The van der Waals surface area contributed by atoms with Crippen molar-refractivity contribution in [2.24, 2.45) is 0 Å². The number of hydrogen-bond acceptors (Lipinski definition) is 9. The molecule has 254 valence electrons. The predicted molar refractivity (Wildman–Crippen MR) is 177 cm³/mol. The van der Waals surface area contributed by atoms with Crippen molar-refractivity contribution in [3.05, 3.63) is 77.4 Å². The van der Waals surface area contributed by atoms with E-state index in [0.717, 1.165) is 80.5 Å². The molecule has 2 heterocycles. The van der Waals surface area contributed by atoms with Crippen LogP contribution < -0.4 is 15.4 Å². The average Bonchev–Trinajstić information content (AvgIpc) is 4.04. The summed E-state index contributed by atoms with van der Waals surface area (Å²) in [5, 5.41) is 52.9. The van der Waals surface area contributed by atoms with Gasteiger partial charge in [-0.3, -0.25) is 9.97 Å². The molecule has 7 N–H and O–H groups in total. The highest BCUT2D eigenvalue weighted by Crippen LogP contribution is 2.54. The maximum absolute atomic E-state index is 12.1. The Morgan fingerprint density at radius 2 is 1.72 bits per heavy atom. The van der Waals surface area contributed by atoms with Gasteiger partial charge >= 0.3 is 6.03 Å². The lowest BCUT2D eigenvalue weighted by atomic mass is 9.85. The van der Waals surface area contributed by atoms with Crippen LogP contribution in [0.3, 0.4) is 0 Å². The Labute approximate surface area is 276 Å². The lowest BCUT2D eigenvalue weighted by Crippen LogP contribution is -2.50. The fraction of sp³-hybridized carbons (Fsp3) is 0.528. The Hall–Kier alpha value is -3.61. The van der Waals surface area contributed by atoms with E-state index in [2.05, 4.69) is 58.9 Å². The number of amides is 2. The predicted octanol–water partition coefficient (Wildman–Crippen LogP) is 2.72. The van der Waals surface area contributed by atoms with Gasteiger partial charge in [-0.05, 0) is 105 Å². The Morgan fingerprint density at radius 3 is 2.47 bits per heavy atom. The third kappa shape index (κ3) is 9.27. The average molecular weight is 649 g/mol. The van der Waals surface area contributed by atoms with Crippen LogP contribution >= 0.6 is 0 Å². The molecule has 2 aliphatic carbocycles. The summed E-state index contributed by atoms with van der Waals surface area (Å²) in [6, 6.07) is 14.1. The number of benzene rings is 1. The van der Waals surface area contributed by atoms with Gasteiger partial charge in [0, 0.05) is 42.4 Å². The second-order valence-electron chi connectivity index (χ2n) is 13.0. The molecule has 11 nitrogen and oxygen atoms in total. The Bertz CT molecular complexity index is 1480. The summed E-state index contributed by atoms with van der Waals surface area (Å²) in [7, 11) is 0. The Balaban J connectivity index is 1.09. The maximum Gasteiger partial charge on any atom is 0.314 e. The smallest absolute Gasteiger partial charge is 0.314 e. The minimum Gasteiger partial charge on any atom is -0.490 e. The van der Waals surface area contributed by atoms with Gasteiger partial charge in [0.25, 0.3) is 0 Å². The number of aryl methyl sites for hydroxylation is 3. The molecule has 3 aromatic rings. The SMILES string of the molecule is Cc1ccc(CCCCNC(=O)NC[C@H](O)[C@@H](O)[C@H](O)[C@H](O)CO)nc1CCC1(c2cnccc2-c2ccccc2OC2CC2)CC1. The molecule has 1 aromatic carbocycles. The molecule has 0 unspecified atom stereocenters. The molecule has 47 heavy (non-hydrogen) atoms. The minimum atomic E-state index is -1.74. The van der Waals surface area contributed by atoms with Gasteiger partial charge in [-0.1, -0.05) is 24.3 Å². The fourth-order valence-corrected chi connectivity index (χ4v) is 5.96. The third-order valence-electron chi connectivity index (χ3n) is 9.28. The van der Waals surface area contributed by atoms with Crippen LogP contribution in [0.1, 0.15) is 67.5 Å². The monoisotopic (exact) mass is 648 g/mol. The van der Waals surface area contributed by atoms with E-state index in [4.69, 9.17) is 14.8 Å².